The quantitative estimate of drug-likeness (QED) is 0.353. The second-order valence-corrected chi connectivity index (χ2v) is 6.84. The van der Waals surface area contributed by atoms with Gasteiger partial charge in [0.15, 0.2) is 0 Å². The molecule has 0 fully saturated rings. The van der Waals surface area contributed by atoms with Gasteiger partial charge in [-0.1, -0.05) is 16.1 Å². The first-order valence-corrected chi connectivity index (χ1v) is 9.04. The second-order valence-electron chi connectivity index (χ2n) is 5.68. The minimum absolute atomic E-state index is 0.176. The number of pyridine rings is 1. The first kappa shape index (κ1) is 24.1. The Balaban J connectivity index is 0.000000575. The van der Waals surface area contributed by atoms with E-state index in [2.05, 4.69) is 5.10 Å². The third-order valence-corrected chi connectivity index (χ3v) is 3.89. The first-order valence-electron chi connectivity index (χ1n) is 7.43. The van der Waals surface area contributed by atoms with Crippen molar-refractivity contribution in [1.29, 1.82) is 0 Å². The number of fused-ring (bicyclic) bond motifs is 1. The van der Waals surface area contributed by atoms with Gasteiger partial charge in [0.05, 0.1) is 28.8 Å². The molecule has 0 spiro atoms. The van der Waals surface area contributed by atoms with Gasteiger partial charge in [-0.2, -0.15) is 26.3 Å². The van der Waals surface area contributed by atoms with Crippen LogP contribution in [0.1, 0.15) is 11.1 Å². The number of aryl methyl sites for hydroxylation is 1. The summed E-state index contributed by atoms with van der Waals surface area (Å²) >= 11 is 5.93. The van der Waals surface area contributed by atoms with Crippen LogP contribution in [-0.4, -0.2) is 9.61 Å². The Bertz CT molecular complexity index is 1040. The van der Waals surface area contributed by atoms with E-state index < -0.39 is 33.7 Å². The summed E-state index contributed by atoms with van der Waals surface area (Å²) in [5.74, 6) is 0.176. The molecule has 2 heterocycles. The topological polar surface area (TPSA) is 113 Å². The normalized spacial score (nSPS) is 12.7. The van der Waals surface area contributed by atoms with E-state index in [0.717, 1.165) is 28.9 Å². The number of hydrogen-bond acceptors (Lipinski definition) is 5. The summed E-state index contributed by atoms with van der Waals surface area (Å²) in [6, 6.07) is 4.92. The number of benzene rings is 1. The van der Waals surface area contributed by atoms with Crippen molar-refractivity contribution < 1.29 is 59.8 Å². The summed E-state index contributed by atoms with van der Waals surface area (Å²) in [5, 5.41) is 3.85. The smallest absolute Gasteiger partial charge is 0.225 e. The predicted molar refractivity (Wildman–Crippen MR) is 76.8 cm³/mol. The van der Waals surface area contributed by atoms with Gasteiger partial charge in [-0.3, -0.25) is 0 Å². The summed E-state index contributed by atoms with van der Waals surface area (Å²) in [6.07, 6.45) is -8.31. The zero-order chi connectivity index (χ0) is 23.1. The highest BCUT2D eigenvalue weighted by Crippen LogP contribution is 2.33. The van der Waals surface area contributed by atoms with E-state index in [-0.39, 0.29) is 16.5 Å². The third kappa shape index (κ3) is 5.93. The van der Waals surface area contributed by atoms with Crippen molar-refractivity contribution >= 4 is 17.2 Å². The van der Waals surface area contributed by atoms with Crippen LogP contribution in [0, 0.1) is 10.2 Å². The van der Waals surface area contributed by atoms with Gasteiger partial charge >= 0.3 is 18.2 Å². The van der Waals surface area contributed by atoms with Crippen molar-refractivity contribution in [3.05, 3.63) is 52.7 Å². The fraction of sp³-hybridized carbons (Fsp3) is 0.200. The van der Waals surface area contributed by atoms with Crippen LogP contribution < -0.4 is 23.2 Å². The number of nitrogens with zero attached hydrogens (tertiary/aromatic N) is 3. The van der Waals surface area contributed by atoms with Crippen LogP contribution in [0.15, 0.2) is 36.5 Å². The maximum atomic E-state index is 12.9. The number of hydrogen-bond donors (Lipinski definition) is 0. The van der Waals surface area contributed by atoms with E-state index in [1.165, 1.54) is 23.7 Å². The molecule has 0 amide bonds. The highest BCUT2D eigenvalue weighted by molar-refractivity contribution is 6.33. The van der Waals surface area contributed by atoms with Gasteiger partial charge in [-0.25, -0.2) is 23.2 Å². The maximum Gasteiger partial charge on any atom is 0.419 e. The van der Waals surface area contributed by atoms with Gasteiger partial charge in [-0.05, 0) is 30.3 Å². The molecule has 0 aliphatic carbocycles. The summed E-state index contributed by atoms with van der Waals surface area (Å²) < 4.78 is 113. The minimum Gasteiger partial charge on any atom is -0.225 e. The Morgan fingerprint density at radius 3 is 1.83 bits per heavy atom. The van der Waals surface area contributed by atoms with Gasteiger partial charge in [0.25, 0.3) is 5.65 Å². The van der Waals surface area contributed by atoms with Gasteiger partial charge in [0.1, 0.15) is 11.2 Å². The highest BCUT2D eigenvalue weighted by Gasteiger charge is 2.35. The van der Waals surface area contributed by atoms with Crippen molar-refractivity contribution in [1.82, 2.24) is 9.61 Å². The van der Waals surface area contributed by atoms with Gasteiger partial charge in [0, 0.05) is 0 Å². The van der Waals surface area contributed by atoms with E-state index in [1.807, 2.05) is 0 Å². The molecule has 0 N–H and O–H groups in total. The number of alkyl halides is 6. The number of rotatable bonds is 1. The molecular weight excluding hydrogens is 471 g/mol. The molecule has 1 aromatic carbocycles. The van der Waals surface area contributed by atoms with E-state index >= 15 is 0 Å². The molecule has 0 aliphatic heterocycles. The van der Waals surface area contributed by atoms with Crippen molar-refractivity contribution in [3.8, 4) is 11.4 Å². The molecule has 0 radical (unpaired) electrons. The summed E-state index contributed by atoms with van der Waals surface area (Å²) in [5.41, 5.74) is -1.32. The van der Waals surface area contributed by atoms with E-state index in [0.29, 0.717) is 5.56 Å². The molecule has 3 aromatic rings. The average molecular weight is 480 g/mol. The zero-order valence-corrected chi connectivity index (χ0v) is 16.0. The Labute approximate surface area is 170 Å². The lowest BCUT2D eigenvalue weighted by Crippen LogP contribution is -2.68. The van der Waals surface area contributed by atoms with Gasteiger partial charge < -0.3 is 0 Å². The van der Waals surface area contributed by atoms with Crippen LogP contribution >= 0.6 is 11.6 Å². The number of aromatic nitrogens is 3. The van der Waals surface area contributed by atoms with E-state index in [9.17, 15) is 26.3 Å². The lowest BCUT2D eigenvalue weighted by molar-refractivity contribution is -2.00. The van der Waals surface area contributed by atoms with Crippen molar-refractivity contribution in [2.24, 2.45) is 7.05 Å². The van der Waals surface area contributed by atoms with Crippen molar-refractivity contribution in [3.63, 3.8) is 0 Å². The molecule has 0 bridgehead atoms. The van der Waals surface area contributed by atoms with E-state index in [4.69, 9.17) is 30.2 Å². The molecule has 0 saturated heterocycles. The molecule has 0 aliphatic rings. The van der Waals surface area contributed by atoms with E-state index in [1.54, 1.807) is 0 Å². The second kappa shape index (κ2) is 8.17. The minimum atomic E-state index is -4.94. The molecule has 7 nitrogen and oxygen atoms in total. The Kier molecular flexibility index (Phi) is 6.57. The lowest BCUT2D eigenvalue weighted by Gasteiger charge is -2.17. The SMILES string of the molecule is C[n+]1c(-c2ccc(C(F)(F)F)cc2)nn2cc(C(F)(F)F)cc(Cl)c21.[O-][Cl+3]([O-])([O-])[O-]. The molecule has 15 heteroatoms. The van der Waals surface area contributed by atoms with Gasteiger partial charge in [-0.15, -0.1) is 10.2 Å². The van der Waals surface area contributed by atoms with Gasteiger partial charge in [0.2, 0.25) is 0 Å². The molecule has 0 unspecified atom stereocenters. The van der Waals surface area contributed by atoms with Crippen LogP contribution in [0.25, 0.3) is 17.0 Å². The highest BCUT2D eigenvalue weighted by atomic mass is 35.7. The fourth-order valence-electron chi connectivity index (χ4n) is 2.41. The standard InChI is InChI=1S/C15H9ClF6N3.ClHO4/c1-24-12(8-2-4-9(5-3-8)14(17,18)19)23-25-7-10(15(20,21)22)6-11(16)13(24)25;2-1(3,4)5/h2-7H,1H3;(H,2,3,4,5)/q+1;/p-1. The number of halogens is 8. The van der Waals surface area contributed by atoms with Crippen LogP contribution in [-0.2, 0) is 19.4 Å². The summed E-state index contributed by atoms with van der Waals surface area (Å²) in [7, 11) is -3.44. The van der Waals surface area contributed by atoms with Crippen LogP contribution in [0.3, 0.4) is 0 Å². The fourth-order valence-corrected chi connectivity index (χ4v) is 2.75. The molecule has 30 heavy (non-hydrogen) atoms. The van der Waals surface area contributed by atoms with Crippen LogP contribution in [0.5, 0.6) is 0 Å². The van der Waals surface area contributed by atoms with Crippen molar-refractivity contribution in [2.75, 3.05) is 0 Å². The molecular formula is C15H9Cl2F6N3O4. The van der Waals surface area contributed by atoms with Crippen LogP contribution in [0.2, 0.25) is 5.02 Å². The monoisotopic (exact) mass is 479 g/mol. The summed E-state index contributed by atoms with van der Waals surface area (Å²) in [4.78, 5) is 0. The maximum absolute atomic E-state index is 12.9. The average Bonchev–Trinajstić information content (AvgIpc) is 2.89. The molecule has 164 valence electrons. The molecule has 0 saturated carbocycles. The van der Waals surface area contributed by atoms with Crippen molar-refractivity contribution in [2.45, 2.75) is 12.4 Å². The Morgan fingerprint density at radius 2 is 1.40 bits per heavy atom. The largest absolute Gasteiger partial charge is 0.419 e. The zero-order valence-electron chi connectivity index (χ0n) is 14.5. The Hall–Kier alpha value is -2.16. The molecule has 2 aromatic heterocycles. The Morgan fingerprint density at radius 1 is 0.933 bits per heavy atom. The molecule has 0 atom stereocenters. The lowest BCUT2D eigenvalue weighted by atomic mass is 10.1. The third-order valence-electron chi connectivity index (χ3n) is 3.61. The predicted octanol–water partition coefficient (Wildman–Crippen LogP) is -0.239. The first-order chi connectivity index (χ1) is 13.5. The summed E-state index contributed by atoms with van der Waals surface area (Å²) in [6.45, 7) is 0. The molecule has 3 rings (SSSR count). The van der Waals surface area contributed by atoms with Crippen LogP contribution in [0.4, 0.5) is 26.3 Å².